The maximum atomic E-state index is 2.67. The summed E-state index contributed by atoms with van der Waals surface area (Å²) in [7, 11) is -5.98. The van der Waals surface area contributed by atoms with Crippen LogP contribution in [-0.2, 0) is 0 Å². The Hall–Kier alpha value is -2.03. The van der Waals surface area contributed by atoms with Gasteiger partial charge in [-0.1, -0.05) is 164 Å². The molecular formula is C36H46S2Si3. The molecule has 41 heavy (non-hydrogen) atoms. The standard InChI is InChI=1S/C36H46S2Si3/c1-35(2,3)21-23-39(7,8)31-25-29-33(37-31)34-30(26-32(38-34)40(9,10)24-22-36(4,5)6)41(29,27-17-13-11-14-18-27)28-19-15-12-16-20-28/h11-26H,1-10H3/b23-21+,24-22+. The lowest BCUT2D eigenvalue weighted by molar-refractivity contribution is 0.544. The van der Waals surface area contributed by atoms with E-state index in [-0.39, 0.29) is 10.8 Å². The topological polar surface area (TPSA) is 0 Å². The van der Waals surface area contributed by atoms with Crippen LogP contribution in [0.5, 0.6) is 0 Å². The van der Waals surface area contributed by atoms with E-state index >= 15 is 0 Å². The number of hydrogen-bond donors (Lipinski definition) is 0. The van der Waals surface area contributed by atoms with Gasteiger partial charge in [0, 0.05) is 9.75 Å². The Morgan fingerprint density at radius 1 is 0.561 bits per heavy atom. The van der Waals surface area contributed by atoms with Gasteiger partial charge in [-0.05, 0) is 40.6 Å². The highest BCUT2D eigenvalue weighted by Crippen LogP contribution is 2.37. The van der Waals surface area contributed by atoms with Crippen molar-refractivity contribution in [1.29, 1.82) is 0 Å². The lowest BCUT2D eigenvalue weighted by Crippen LogP contribution is -2.73. The minimum Gasteiger partial charge on any atom is -0.144 e. The molecule has 0 amide bonds. The van der Waals surface area contributed by atoms with Gasteiger partial charge in [0.25, 0.3) is 0 Å². The first-order valence-electron chi connectivity index (χ1n) is 14.9. The Kier molecular flexibility index (Phi) is 7.87. The van der Waals surface area contributed by atoms with Crippen molar-refractivity contribution in [1.82, 2.24) is 0 Å². The highest BCUT2D eigenvalue weighted by atomic mass is 32.1. The minimum atomic E-state index is -2.44. The second-order valence-corrected chi connectivity index (χ2v) is 30.2. The Bertz CT molecular complexity index is 1470. The van der Waals surface area contributed by atoms with Gasteiger partial charge in [-0.25, -0.2) is 0 Å². The van der Waals surface area contributed by atoms with Crippen LogP contribution in [0.4, 0.5) is 0 Å². The van der Waals surface area contributed by atoms with E-state index in [1.165, 1.54) is 10.4 Å². The van der Waals surface area contributed by atoms with Crippen molar-refractivity contribution in [2.75, 3.05) is 0 Å². The molecule has 0 nitrogen and oxygen atoms in total. The molecule has 1 aliphatic heterocycles. The quantitative estimate of drug-likeness (QED) is 0.174. The van der Waals surface area contributed by atoms with Gasteiger partial charge < -0.3 is 0 Å². The molecule has 0 saturated heterocycles. The molecule has 0 fully saturated rings. The average Bonchev–Trinajstić information content (AvgIpc) is 3.59. The SMILES string of the molecule is CC(C)(C)/C=C/[Si](C)(C)c1cc2c(s1)-c1sc([Si](C)(C)/C=C/C(C)(C)C)cc1[Si]2(c1ccccc1)c1ccccc1. The van der Waals surface area contributed by atoms with Crippen molar-refractivity contribution in [2.45, 2.75) is 67.7 Å². The van der Waals surface area contributed by atoms with E-state index in [0.717, 1.165) is 0 Å². The van der Waals surface area contributed by atoms with Crippen LogP contribution < -0.4 is 29.7 Å². The van der Waals surface area contributed by atoms with Crippen molar-refractivity contribution in [3.63, 3.8) is 0 Å². The van der Waals surface area contributed by atoms with Gasteiger partial charge in [-0.2, -0.15) is 0 Å². The first-order chi connectivity index (χ1) is 19.0. The van der Waals surface area contributed by atoms with Gasteiger partial charge in [-0.15, -0.1) is 22.7 Å². The minimum absolute atomic E-state index is 0.198. The summed E-state index contributed by atoms with van der Waals surface area (Å²) in [5.41, 5.74) is 5.56. The van der Waals surface area contributed by atoms with Crippen LogP contribution in [0.1, 0.15) is 41.5 Å². The first-order valence-corrected chi connectivity index (χ1v) is 24.7. The van der Waals surface area contributed by atoms with Gasteiger partial charge in [0.05, 0.1) is 0 Å². The van der Waals surface area contributed by atoms with E-state index in [0.29, 0.717) is 0 Å². The monoisotopic (exact) mass is 626 g/mol. The molecule has 0 saturated carbocycles. The molecule has 0 bridgehead atoms. The van der Waals surface area contributed by atoms with E-state index in [1.54, 1.807) is 29.1 Å². The molecule has 214 valence electrons. The van der Waals surface area contributed by atoms with Gasteiger partial charge >= 0.3 is 0 Å². The van der Waals surface area contributed by atoms with Crippen LogP contribution in [-0.4, -0.2) is 24.2 Å². The smallest absolute Gasteiger partial charge is 0.144 e. The third-order valence-electron chi connectivity index (χ3n) is 8.16. The van der Waals surface area contributed by atoms with Crippen LogP contribution in [0.2, 0.25) is 26.2 Å². The molecule has 5 rings (SSSR count). The number of allylic oxidation sites excluding steroid dienone is 2. The zero-order valence-electron chi connectivity index (χ0n) is 26.6. The van der Waals surface area contributed by atoms with Crippen molar-refractivity contribution >= 4 is 76.6 Å². The molecule has 0 radical (unpaired) electrons. The average molecular weight is 627 g/mol. The summed E-state index contributed by atoms with van der Waals surface area (Å²) >= 11 is 4.22. The molecule has 0 N–H and O–H groups in total. The largest absolute Gasteiger partial charge is 0.182 e. The van der Waals surface area contributed by atoms with Crippen molar-refractivity contribution in [2.24, 2.45) is 10.8 Å². The fourth-order valence-electron chi connectivity index (χ4n) is 5.70. The summed E-state index contributed by atoms with van der Waals surface area (Å²) in [6.45, 7) is 24.0. The molecule has 4 aromatic rings. The molecule has 2 aromatic heterocycles. The number of hydrogen-bond acceptors (Lipinski definition) is 2. The summed E-state index contributed by atoms with van der Waals surface area (Å²) in [6.07, 6.45) is 4.90. The van der Waals surface area contributed by atoms with Gasteiger partial charge in [0.1, 0.15) is 16.1 Å². The van der Waals surface area contributed by atoms with Gasteiger partial charge in [0.15, 0.2) is 8.07 Å². The summed E-state index contributed by atoms with van der Waals surface area (Å²) in [5.74, 6) is 0. The highest BCUT2D eigenvalue weighted by molar-refractivity contribution is 7.41. The van der Waals surface area contributed by atoms with E-state index < -0.39 is 24.2 Å². The predicted octanol–water partition coefficient (Wildman–Crippen LogP) is 7.28. The van der Waals surface area contributed by atoms with E-state index in [4.69, 9.17) is 0 Å². The lowest BCUT2D eigenvalue weighted by Gasteiger charge is -2.30. The third kappa shape index (κ3) is 5.81. The fourth-order valence-corrected chi connectivity index (χ4v) is 20.6. The Morgan fingerprint density at radius 3 is 1.22 bits per heavy atom. The van der Waals surface area contributed by atoms with Crippen LogP contribution in [0.15, 0.2) is 96.3 Å². The number of rotatable bonds is 6. The zero-order valence-corrected chi connectivity index (χ0v) is 31.2. The van der Waals surface area contributed by atoms with Gasteiger partial charge in [0.2, 0.25) is 0 Å². The molecule has 0 aliphatic carbocycles. The summed E-state index contributed by atoms with van der Waals surface area (Å²) < 4.78 is 3.22. The van der Waals surface area contributed by atoms with Crippen LogP contribution in [0.25, 0.3) is 9.75 Å². The normalized spacial score (nSPS) is 15.6. The van der Waals surface area contributed by atoms with Crippen molar-refractivity contribution < 1.29 is 0 Å². The second kappa shape index (κ2) is 10.6. The number of fused-ring (bicyclic) bond motifs is 3. The van der Waals surface area contributed by atoms with E-state index in [1.807, 2.05) is 0 Å². The fraction of sp³-hybridized carbons (Fsp3) is 0.333. The van der Waals surface area contributed by atoms with Crippen LogP contribution in [0.3, 0.4) is 0 Å². The first kappa shape index (κ1) is 30.4. The summed E-state index contributed by atoms with van der Waals surface area (Å²) in [5, 5.41) is 6.26. The lowest BCUT2D eigenvalue weighted by atomic mass is 9.98. The zero-order chi connectivity index (χ0) is 29.8. The Morgan fingerprint density at radius 2 is 0.902 bits per heavy atom. The second-order valence-electron chi connectivity index (χ2n) is 15.0. The number of thiophene rings is 2. The molecule has 0 spiro atoms. The molecule has 0 atom stereocenters. The van der Waals surface area contributed by atoms with Crippen molar-refractivity contribution in [3.05, 3.63) is 96.3 Å². The summed E-state index contributed by atoms with van der Waals surface area (Å²) in [4.78, 5) is 3.11. The van der Waals surface area contributed by atoms with E-state index in [2.05, 4.69) is 187 Å². The Balaban J connectivity index is 1.81. The third-order valence-corrected chi connectivity index (χ3v) is 24.0. The molecule has 0 unspecified atom stereocenters. The number of benzene rings is 2. The van der Waals surface area contributed by atoms with E-state index in [9.17, 15) is 0 Å². The molecule has 2 aromatic carbocycles. The molecule has 5 heteroatoms. The molecule has 1 aliphatic rings. The highest BCUT2D eigenvalue weighted by Gasteiger charge is 2.52. The van der Waals surface area contributed by atoms with Crippen LogP contribution >= 0.6 is 22.7 Å². The molecular weight excluding hydrogens is 581 g/mol. The van der Waals surface area contributed by atoms with Crippen LogP contribution in [0, 0.1) is 10.8 Å². The maximum absolute atomic E-state index is 2.67. The molecule has 3 heterocycles. The maximum Gasteiger partial charge on any atom is 0.182 e. The Labute approximate surface area is 259 Å². The van der Waals surface area contributed by atoms with Gasteiger partial charge in [-0.3, -0.25) is 0 Å². The van der Waals surface area contributed by atoms with Crippen molar-refractivity contribution in [3.8, 4) is 9.75 Å². The predicted molar refractivity (Wildman–Crippen MR) is 196 cm³/mol. The summed E-state index contributed by atoms with van der Waals surface area (Å²) in [6, 6.07) is 28.3.